The summed E-state index contributed by atoms with van der Waals surface area (Å²) in [4.78, 5) is 13.0. The largest absolute Gasteiger partial charge is 0.478 e. The molecule has 0 aromatic heterocycles. The molecule has 0 aliphatic carbocycles. The lowest BCUT2D eigenvalue weighted by atomic mass is 9.82. The maximum Gasteiger partial charge on any atom is 0.328 e. The van der Waals surface area contributed by atoms with Gasteiger partial charge in [-0.05, 0) is 36.0 Å². The minimum atomic E-state index is -0.908. The molecule has 0 amide bonds. The molecule has 0 saturated carbocycles. The second kappa shape index (κ2) is 5.47. The molecule has 1 N–H and O–H groups in total. The van der Waals surface area contributed by atoms with E-state index in [-0.39, 0.29) is 0 Å². The molecule has 1 aliphatic rings. The van der Waals surface area contributed by atoms with Gasteiger partial charge in [-0.15, -0.1) is 0 Å². The molecule has 1 heterocycles. The number of aliphatic carboxylic acids is 1. The summed E-state index contributed by atoms with van der Waals surface area (Å²) in [6.45, 7) is 6.68. The highest BCUT2D eigenvalue weighted by Crippen LogP contribution is 2.33. The van der Waals surface area contributed by atoms with Crippen LogP contribution >= 0.6 is 0 Å². The SMILES string of the molecule is CC1(C)CCN(c2ccccc2C=CC(=O)O)CC1. The fraction of sp³-hybridized carbons (Fsp3) is 0.438. The Morgan fingerprint density at radius 3 is 2.53 bits per heavy atom. The van der Waals surface area contributed by atoms with Gasteiger partial charge in [0.25, 0.3) is 0 Å². The van der Waals surface area contributed by atoms with Crippen molar-refractivity contribution < 1.29 is 9.90 Å². The number of hydrogen-bond acceptors (Lipinski definition) is 2. The van der Waals surface area contributed by atoms with Crippen molar-refractivity contribution in [2.24, 2.45) is 5.41 Å². The first-order valence-corrected chi connectivity index (χ1v) is 6.73. The zero-order valence-electron chi connectivity index (χ0n) is 11.6. The third-order valence-electron chi connectivity index (χ3n) is 3.80. The van der Waals surface area contributed by atoms with E-state index >= 15 is 0 Å². The Hall–Kier alpha value is -1.77. The average molecular weight is 259 g/mol. The zero-order chi connectivity index (χ0) is 13.9. The van der Waals surface area contributed by atoms with E-state index in [9.17, 15) is 4.79 Å². The Labute approximate surface area is 114 Å². The van der Waals surface area contributed by atoms with Crippen LogP contribution in [0.4, 0.5) is 5.69 Å². The monoisotopic (exact) mass is 259 g/mol. The van der Waals surface area contributed by atoms with E-state index in [4.69, 9.17) is 5.11 Å². The van der Waals surface area contributed by atoms with Crippen LogP contribution in [-0.4, -0.2) is 24.2 Å². The zero-order valence-corrected chi connectivity index (χ0v) is 11.6. The molecule has 0 atom stereocenters. The molecule has 3 heteroatoms. The smallest absolute Gasteiger partial charge is 0.328 e. The van der Waals surface area contributed by atoms with E-state index in [1.54, 1.807) is 6.08 Å². The summed E-state index contributed by atoms with van der Waals surface area (Å²) in [5.74, 6) is -0.908. The number of anilines is 1. The summed E-state index contributed by atoms with van der Waals surface area (Å²) in [7, 11) is 0. The highest BCUT2D eigenvalue weighted by molar-refractivity contribution is 5.87. The first kappa shape index (κ1) is 13.7. The number of carboxylic acids is 1. The van der Waals surface area contributed by atoms with Gasteiger partial charge in [0.05, 0.1) is 0 Å². The predicted molar refractivity (Wildman–Crippen MR) is 78.3 cm³/mol. The molecule has 19 heavy (non-hydrogen) atoms. The van der Waals surface area contributed by atoms with Gasteiger partial charge in [-0.1, -0.05) is 32.0 Å². The van der Waals surface area contributed by atoms with Gasteiger partial charge < -0.3 is 10.0 Å². The Morgan fingerprint density at radius 2 is 1.89 bits per heavy atom. The highest BCUT2D eigenvalue weighted by atomic mass is 16.4. The number of piperidine rings is 1. The number of para-hydroxylation sites is 1. The molecule has 1 fully saturated rings. The predicted octanol–water partition coefficient (Wildman–Crippen LogP) is 3.41. The summed E-state index contributed by atoms with van der Waals surface area (Å²) in [5.41, 5.74) is 2.53. The van der Waals surface area contributed by atoms with Gasteiger partial charge >= 0.3 is 5.97 Å². The molecule has 1 aromatic carbocycles. The van der Waals surface area contributed by atoms with E-state index in [1.165, 1.54) is 18.9 Å². The molecule has 0 spiro atoms. The molecule has 0 unspecified atom stereocenters. The van der Waals surface area contributed by atoms with E-state index in [0.717, 1.165) is 24.3 Å². The summed E-state index contributed by atoms with van der Waals surface area (Å²) in [5, 5.41) is 8.74. The van der Waals surface area contributed by atoms with Gasteiger partial charge in [0.2, 0.25) is 0 Å². The van der Waals surface area contributed by atoms with Crippen molar-refractivity contribution in [3.05, 3.63) is 35.9 Å². The summed E-state index contributed by atoms with van der Waals surface area (Å²) >= 11 is 0. The lowest BCUT2D eigenvalue weighted by Gasteiger charge is -2.38. The topological polar surface area (TPSA) is 40.5 Å². The number of rotatable bonds is 3. The fourth-order valence-electron chi connectivity index (χ4n) is 2.43. The Balaban J connectivity index is 2.18. The summed E-state index contributed by atoms with van der Waals surface area (Å²) in [6.07, 6.45) is 5.22. The minimum Gasteiger partial charge on any atom is -0.478 e. The quantitative estimate of drug-likeness (QED) is 0.846. The van der Waals surface area contributed by atoms with E-state index in [0.29, 0.717) is 5.41 Å². The molecule has 3 nitrogen and oxygen atoms in total. The van der Waals surface area contributed by atoms with Crippen molar-refractivity contribution in [3.63, 3.8) is 0 Å². The number of nitrogens with zero attached hydrogens (tertiary/aromatic N) is 1. The van der Waals surface area contributed by atoms with Gasteiger partial charge in [0, 0.05) is 24.9 Å². The van der Waals surface area contributed by atoms with Crippen LogP contribution in [0.15, 0.2) is 30.3 Å². The second-order valence-electron chi connectivity index (χ2n) is 5.88. The summed E-state index contributed by atoms with van der Waals surface area (Å²) < 4.78 is 0. The third kappa shape index (κ3) is 3.60. The van der Waals surface area contributed by atoms with Crippen LogP contribution in [0.25, 0.3) is 6.08 Å². The van der Waals surface area contributed by atoms with Gasteiger partial charge in [0.1, 0.15) is 0 Å². The van der Waals surface area contributed by atoms with Crippen molar-refractivity contribution in [1.29, 1.82) is 0 Å². The Morgan fingerprint density at radius 1 is 1.26 bits per heavy atom. The van der Waals surface area contributed by atoms with Crippen LogP contribution in [-0.2, 0) is 4.79 Å². The van der Waals surface area contributed by atoms with Crippen molar-refractivity contribution in [1.82, 2.24) is 0 Å². The maximum absolute atomic E-state index is 10.6. The molecule has 0 bridgehead atoms. The number of carboxylic acid groups (broad SMARTS) is 1. The number of benzene rings is 1. The van der Waals surface area contributed by atoms with Crippen LogP contribution in [0.1, 0.15) is 32.3 Å². The van der Waals surface area contributed by atoms with Gasteiger partial charge in [-0.2, -0.15) is 0 Å². The highest BCUT2D eigenvalue weighted by Gasteiger charge is 2.25. The molecular weight excluding hydrogens is 238 g/mol. The molecule has 102 valence electrons. The Kier molecular flexibility index (Phi) is 3.93. The minimum absolute atomic E-state index is 0.419. The average Bonchev–Trinajstić information content (AvgIpc) is 2.37. The number of carbonyl (C=O) groups is 1. The third-order valence-corrected chi connectivity index (χ3v) is 3.80. The molecule has 0 radical (unpaired) electrons. The molecular formula is C16H21NO2. The normalized spacial score (nSPS) is 18.7. The maximum atomic E-state index is 10.6. The van der Waals surface area contributed by atoms with Crippen molar-refractivity contribution in [3.8, 4) is 0 Å². The first-order chi connectivity index (χ1) is 8.98. The van der Waals surface area contributed by atoms with E-state index in [2.05, 4.69) is 24.8 Å². The fourth-order valence-corrected chi connectivity index (χ4v) is 2.43. The first-order valence-electron chi connectivity index (χ1n) is 6.73. The Bertz CT molecular complexity index is 481. The molecule has 1 saturated heterocycles. The van der Waals surface area contributed by atoms with Crippen LogP contribution < -0.4 is 4.90 Å². The van der Waals surface area contributed by atoms with Crippen LogP contribution in [0.5, 0.6) is 0 Å². The van der Waals surface area contributed by atoms with Gasteiger partial charge in [0.15, 0.2) is 0 Å². The number of hydrogen-bond donors (Lipinski definition) is 1. The molecule has 1 aromatic rings. The van der Waals surface area contributed by atoms with Gasteiger partial charge in [-0.3, -0.25) is 0 Å². The van der Waals surface area contributed by atoms with Crippen LogP contribution in [0, 0.1) is 5.41 Å². The van der Waals surface area contributed by atoms with Crippen LogP contribution in [0.2, 0.25) is 0 Å². The second-order valence-corrected chi connectivity index (χ2v) is 5.88. The van der Waals surface area contributed by atoms with Crippen molar-refractivity contribution >= 4 is 17.7 Å². The van der Waals surface area contributed by atoms with E-state index < -0.39 is 5.97 Å². The lowest BCUT2D eigenvalue weighted by molar-refractivity contribution is -0.131. The standard InChI is InChI=1S/C16H21NO2/c1-16(2)9-11-17(12-10-16)14-6-4-3-5-13(14)7-8-15(18)19/h3-8H,9-12H2,1-2H3,(H,18,19). The van der Waals surface area contributed by atoms with Gasteiger partial charge in [-0.25, -0.2) is 4.79 Å². The van der Waals surface area contributed by atoms with Crippen molar-refractivity contribution in [2.45, 2.75) is 26.7 Å². The van der Waals surface area contributed by atoms with E-state index in [1.807, 2.05) is 18.2 Å². The van der Waals surface area contributed by atoms with Crippen molar-refractivity contribution in [2.75, 3.05) is 18.0 Å². The summed E-state index contributed by atoms with van der Waals surface area (Å²) in [6, 6.07) is 7.99. The van der Waals surface area contributed by atoms with Crippen LogP contribution in [0.3, 0.4) is 0 Å². The molecule has 1 aliphatic heterocycles. The molecule has 2 rings (SSSR count). The lowest BCUT2D eigenvalue weighted by Crippen LogP contribution is -2.37.